The van der Waals surface area contributed by atoms with E-state index < -0.39 is 11.6 Å². The average Bonchev–Trinajstić information content (AvgIpc) is 3.30. The monoisotopic (exact) mass is 463 g/mol. The topological polar surface area (TPSA) is 78.5 Å². The highest BCUT2D eigenvalue weighted by atomic mass is 32.1. The molecular formula is C26H29N3O3S. The Morgan fingerprint density at radius 3 is 2.21 bits per heavy atom. The van der Waals surface area contributed by atoms with Crippen molar-refractivity contribution in [1.82, 2.24) is 10.6 Å². The van der Waals surface area contributed by atoms with Gasteiger partial charge in [0.2, 0.25) is 11.8 Å². The summed E-state index contributed by atoms with van der Waals surface area (Å²) in [5.74, 6) is -1.000. The van der Waals surface area contributed by atoms with Crippen LogP contribution in [0.25, 0.3) is 0 Å². The molecule has 7 heteroatoms. The number of aryl methyl sites for hydroxylation is 1. The Morgan fingerprint density at radius 2 is 1.61 bits per heavy atom. The zero-order chi connectivity index (χ0) is 24.0. The molecule has 0 fully saturated rings. The third-order valence-corrected chi connectivity index (χ3v) is 5.78. The van der Waals surface area contributed by atoms with Crippen LogP contribution in [0, 0.1) is 6.92 Å². The normalized spacial score (nSPS) is 12.0. The number of amides is 3. The highest BCUT2D eigenvalue weighted by molar-refractivity contribution is 7.12. The van der Waals surface area contributed by atoms with Crippen molar-refractivity contribution in [1.29, 1.82) is 0 Å². The summed E-state index contributed by atoms with van der Waals surface area (Å²) in [6.07, 6.45) is 0. The molecule has 0 aliphatic rings. The molecule has 2 aromatic carbocycles. The molecule has 0 saturated heterocycles. The zero-order valence-corrected chi connectivity index (χ0v) is 20.1. The van der Waals surface area contributed by atoms with Crippen LogP contribution in [-0.4, -0.2) is 29.8 Å². The van der Waals surface area contributed by atoms with Crippen molar-refractivity contribution in [3.05, 3.63) is 88.1 Å². The number of thiophene rings is 1. The smallest absolute Gasteiger partial charge is 0.261 e. The van der Waals surface area contributed by atoms with Crippen LogP contribution in [0.15, 0.2) is 72.1 Å². The Balaban J connectivity index is 2.01. The molecule has 3 aromatic rings. The third kappa shape index (κ3) is 6.29. The van der Waals surface area contributed by atoms with Crippen molar-refractivity contribution in [3.63, 3.8) is 0 Å². The molecule has 1 heterocycles. The van der Waals surface area contributed by atoms with Crippen LogP contribution in [0.1, 0.15) is 47.6 Å². The van der Waals surface area contributed by atoms with E-state index in [2.05, 4.69) is 10.6 Å². The molecule has 2 N–H and O–H groups in total. The summed E-state index contributed by atoms with van der Waals surface area (Å²) < 4.78 is 0. The van der Waals surface area contributed by atoms with Gasteiger partial charge in [-0.2, -0.15) is 0 Å². The lowest BCUT2D eigenvalue weighted by molar-refractivity contribution is -0.127. The predicted molar refractivity (Wildman–Crippen MR) is 132 cm³/mol. The standard InChI is InChI=1S/C26H29N3O3S/c1-18-11-8-9-14-20(18)29(22(30)17-27-24(31)21-15-10-16-33-21)23(19-12-6-5-7-13-19)25(32)28-26(2,3)4/h5-16,23H,17H2,1-4H3,(H,27,31)(H,28,32). The maximum Gasteiger partial charge on any atom is 0.261 e. The molecule has 0 radical (unpaired) electrons. The Bertz CT molecular complexity index is 1110. The predicted octanol–water partition coefficient (Wildman–Crippen LogP) is 4.48. The van der Waals surface area contributed by atoms with Crippen molar-refractivity contribution in [2.75, 3.05) is 11.4 Å². The molecule has 0 spiro atoms. The maximum atomic E-state index is 13.6. The van der Waals surface area contributed by atoms with Gasteiger partial charge in [0.15, 0.2) is 0 Å². The first kappa shape index (κ1) is 24.2. The van der Waals surface area contributed by atoms with Gasteiger partial charge in [-0.25, -0.2) is 0 Å². The van der Waals surface area contributed by atoms with E-state index in [1.165, 1.54) is 16.2 Å². The number of carbonyl (C=O) groups excluding carboxylic acids is 3. The highest BCUT2D eigenvalue weighted by Gasteiger charge is 2.35. The van der Waals surface area contributed by atoms with Gasteiger partial charge in [-0.05, 0) is 56.3 Å². The van der Waals surface area contributed by atoms with Gasteiger partial charge in [-0.3, -0.25) is 19.3 Å². The maximum absolute atomic E-state index is 13.6. The largest absolute Gasteiger partial charge is 0.349 e. The number of hydrogen-bond donors (Lipinski definition) is 2. The minimum absolute atomic E-state index is 0.239. The molecule has 0 aliphatic carbocycles. The van der Waals surface area contributed by atoms with E-state index in [-0.39, 0.29) is 24.3 Å². The van der Waals surface area contributed by atoms with E-state index in [0.717, 1.165) is 5.56 Å². The number of benzene rings is 2. The van der Waals surface area contributed by atoms with Gasteiger partial charge < -0.3 is 10.6 Å². The lowest BCUT2D eigenvalue weighted by Crippen LogP contribution is -2.51. The van der Waals surface area contributed by atoms with Gasteiger partial charge in [-0.15, -0.1) is 11.3 Å². The van der Waals surface area contributed by atoms with E-state index in [1.54, 1.807) is 17.5 Å². The van der Waals surface area contributed by atoms with Crippen LogP contribution in [0.3, 0.4) is 0 Å². The first-order chi connectivity index (χ1) is 15.7. The second-order valence-electron chi connectivity index (χ2n) is 8.76. The molecule has 1 aromatic heterocycles. The van der Waals surface area contributed by atoms with Gasteiger partial charge in [-0.1, -0.05) is 54.6 Å². The number of rotatable bonds is 7. The summed E-state index contributed by atoms with van der Waals surface area (Å²) in [4.78, 5) is 41.6. The number of carbonyl (C=O) groups is 3. The van der Waals surface area contributed by atoms with Crippen molar-refractivity contribution in [2.45, 2.75) is 39.3 Å². The Morgan fingerprint density at radius 1 is 0.939 bits per heavy atom. The molecule has 3 amide bonds. The van der Waals surface area contributed by atoms with Crippen LogP contribution in [0.4, 0.5) is 5.69 Å². The first-order valence-corrected chi connectivity index (χ1v) is 11.6. The molecule has 3 rings (SSSR count). The van der Waals surface area contributed by atoms with Crippen molar-refractivity contribution in [2.24, 2.45) is 0 Å². The number of hydrogen-bond acceptors (Lipinski definition) is 4. The van der Waals surface area contributed by atoms with E-state index in [1.807, 2.05) is 82.3 Å². The number of anilines is 1. The molecule has 0 bridgehead atoms. The van der Waals surface area contributed by atoms with Crippen LogP contribution in [0.5, 0.6) is 0 Å². The molecule has 6 nitrogen and oxygen atoms in total. The van der Waals surface area contributed by atoms with E-state index in [9.17, 15) is 14.4 Å². The van der Waals surface area contributed by atoms with Crippen LogP contribution < -0.4 is 15.5 Å². The fourth-order valence-corrected chi connectivity index (χ4v) is 4.12. The van der Waals surface area contributed by atoms with Crippen LogP contribution >= 0.6 is 11.3 Å². The Kier molecular flexibility index (Phi) is 7.66. The Hall–Kier alpha value is -3.45. The average molecular weight is 464 g/mol. The zero-order valence-electron chi connectivity index (χ0n) is 19.3. The van der Waals surface area contributed by atoms with Crippen molar-refractivity contribution < 1.29 is 14.4 Å². The van der Waals surface area contributed by atoms with Gasteiger partial charge >= 0.3 is 0 Å². The van der Waals surface area contributed by atoms with Crippen molar-refractivity contribution in [3.8, 4) is 0 Å². The van der Waals surface area contributed by atoms with E-state index >= 15 is 0 Å². The number of nitrogens with one attached hydrogen (secondary N) is 2. The van der Waals surface area contributed by atoms with Crippen LogP contribution in [0.2, 0.25) is 0 Å². The molecule has 0 aliphatic heterocycles. The fourth-order valence-electron chi connectivity index (χ4n) is 3.48. The second-order valence-corrected chi connectivity index (χ2v) is 9.71. The summed E-state index contributed by atoms with van der Waals surface area (Å²) in [5, 5.41) is 7.51. The lowest BCUT2D eigenvalue weighted by Gasteiger charge is -2.34. The molecule has 172 valence electrons. The minimum atomic E-state index is -0.905. The highest BCUT2D eigenvalue weighted by Crippen LogP contribution is 2.31. The molecular weight excluding hydrogens is 434 g/mol. The van der Waals surface area contributed by atoms with Crippen molar-refractivity contribution >= 4 is 34.7 Å². The summed E-state index contributed by atoms with van der Waals surface area (Å²) in [6.45, 7) is 7.34. The SMILES string of the molecule is Cc1ccccc1N(C(=O)CNC(=O)c1cccs1)C(C(=O)NC(C)(C)C)c1ccccc1. The first-order valence-electron chi connectivity index (χ1n) is 10.7. The third-order valence-electron chi connectivity index (χ3n) is 4.91. The molecule has 0 saturated carbocycles. The van der Waals surface area contributed by atoms with Gasteiger partial charge in [0.05, 0.1) is 11.4 Å². The Labute approximate surface area is 198 Å². The van der Waals surface area contributed by atoms with E-state index in [0.29, 0.717) is 16.1 Å². The molecule has 1 unspecified atom stereocenters. The molecule has 33 heavy (non-hydrogen) atoms. The molecule has 1 atom stereocenters. The minimum Gasteiger partial charge on any atom is -0.349 e. The van der Waals surface area contributed by atoms with Crippen LogP contribution in [-0.2, 0) is 9.59 Å². The van der Waals surface area contributed by atoms with Gasteiger partial charge in [0, 0.05) is 11.2 Å². The number of para-hydroxylation sites is 1. The summed E-state index contributed by atoms with van der Waals surface area (Å²) in [6, 6.07) is 19.2. The quantitative estimate of drug-likeness (QED) is 0.542. The summed E-state index contributed by atoms with van der Waals surface area (Å²) in [5.41, 5.74) is 1.66. The number of nitrogens with zero attached hydrogens (tertiary/aromatic N) is 1. The van der Waals surface area contributed by atoms with E-state index in [4.69, 9.17) is 0 Å². The fraction of sp³-hybridized carbons (Fsp3) is 0.269. The summed E-state index contributed by atoms with van der Waals surface area (Å²) in [7, 11) is 0. The van der Waals surface area contributed by atoms with Gasteiger partial charge in [0.25, 0.3) is 5.91 Å². The second kappa shape index (κ2) is 10.4. The summed E-state index contributed by atoms with van der Waals surface area (Å²) >= 11 is 1.30. The van der Waals surface area contributed by atoms with Gasteiger partial charge in [0.1, 0.15) is 6.04 Å². The lowest BCUT2D eigenvalue weighted by atomic mass is 10.00.